The van der Waals surface area contributed by atoms with Crippen LogP contribution in [-0.4, -0.2) is 63.3 Å². The number of nitrogens with one attached hydrogen (secondary N) is 2. The van der Waals surface area contributed by atoms with Gasteiger partial charge >= 0.3 is 0 Å². The van der Waals surface area contributed by atoms with Crippen LogP contribution in [0.1, 0.15) is 236 Å². The molecule has 0 spiro atoms. The molecule has 3 aliphatic heterocycles. The molecule has 13 heteroatoms. The van der Waals surface area contributed by atoms with Crippen LogP contribution < -0.4 is 25.2 Å². The first kappa shape index (κ1) is 55.3. The number of hydrogen-bond donors (Lipinski definition) is 2. The van der Waals surface area contributed by atoms with Gasteiger partial charge in [-0.2, -0.15) is 15.0 Å². The molecule has 0 radical (unpaired) electrons. The second kappa shape index (κ2) is 30.5. The number of amidine groups is 4. The summed E-state index contributed by atoms with van der Waals surface area (Å²) in [5.41, 5.74) is 4.49. The molecule has 2 aromatic heterocycles. The van der Waals surface area contributed by atoms with Crippen LogP contribution in [0.2, 0.25) is 0 Å². The standard InChI is InChI=1S/C62H86N10O3/c1-4-7-10-13-16-19-22-25-28-31-40-73-46-34-37-49-52(43-46)58-63-55(49)64-59-53-44-47(74-41-32-29-26-23-20-17-14-11-8-5-2)36-39-51(53)57(67-59)68-61-70-62(72-71-61)69-60-54-45-48(35-38-50(54)56(65-58)66-60)75-42-33-30-27-24-21-18-15-12-9-6-3/h34-39,43-45H,4-33,40-42H2,1-3H3,(H2,63,64,65,66,67,68,69,70,71,72). The number of aromatic amines is 2. The van der Waals surface area contributed by atoms with Gasteiger partial charge in [0.05, 0.1) is 19.8 Å². The highest BCUT2D eigenvalue weighted by molar-refractivity contribution is 6.24. The fraction of sp³-hybridized carbons (Fsp3) is 0.581. The van der Waals surface area contributed by atoms with Crippen molar-refractivity contribution in [2.75, 3.05) is 19.8 Å². The van der Waals surface area contributed by atoms with E-state index >= 15 is 0 Å². The summed E-state index contributed by atoms with van der Waals surface area (Å²) < 4.78 is 19.1. The van der Waals surface area contributed by atoms with E-state index < -0.39 is 0 Å². The zero-order chi connectivity index (χ0) is 51.7. The number of aromatic nitrogens is 4. The van der Waals surface area contributed by atoms with E-state index in [1.165, 1.54) is 154 Å². The van der Waals surface area contributed by atoms with Crippen LogP contribution >= 0.6 is 0 Å². The van der Waals surface area contributed by atoms with Gasteiger partial charge in [-0.25, -0.2) is 25.1 Å². The Hall–Kier alpha value is -5.98. The van der Waals surface area contributed by atoms with Gasteiger partial charge in [-0.05, 0) is 73.9 Å². The van der Waals surface area contributed by atoms with Gasteiger partial charge in [0.2, 0.25) is 5.95 Å². The summed E-state index contributed by atoms with van der Waals surface area (Å²) in [6, 6.07) is 18.2. The molecule has 0 saturated carbocycles. The minimum absolute atomic E-state index is 0.201. The fourth-order valence-corrected chi connectivity index (χ4v) is 10.3. The first-order valence-electron chi connectivity index (χ1n) is 29.6. The molecule has 3 aliphatic rings. The Morgan fingerprint density at radius 2 is 0.720 bits per heavy atom. The monoisotopic (exact) mass is 1020 g/mol. The molecule has 3 aromatic carbocycles. The number of ether oxygens (including phenoxy) is 3. The minimum Gasteiger partial charge on any atom is -0.494 e. The van der Waals surface area contributed by atoms with Gasteiger partial charge in [-0.3, -0.25) is 0 Å². The number of fused-ring (bicyclic) bond motifs is 15. The maximum atomic E-state index is 6.42. The Kier molecular flexibility index (Phi) is 22.5. The second-order valence-electron chi connectivity index (χ2n) is 21.0. The summed E-state index contributed by atoms with van der Waals surface area (Å²) in [5, 5.41) is 9.16. The Balaban J connectivity index is 1.02. The molecule has 2 N–H and O–H groups in total. The van der Waals surface area contributed by atoms with E-state index in [0.717, 1.165) is 88.8 Å². The molecule has 8 rings (SSSR count). The molecular weight excluding hydrogens is 933 g/mol. The summed E-state index contributed by atoms with van der Waals surface area (Å²) in [7, 11) is 0. The van der Waals surface area contributed by atoms with Crippen LogP contribution in [0.25, 0.3) is 10.8 Å². The largest absolute Gasteiger partial charge is 0.494 e. The lowest BCUT2D eigenvalue weighted by molar-refractivity contribution is 0.304. The molecule has 402 valence electrons. The number of unbranched alkanes of at least 4 members (excludes halogenated alkanes) is 27. The van der Waals surface area contributed by atoms with Gasteiger partial charge in [0.15, 0.2) is 23.3 Å². The molecule has 13 nitrogen and oxygen atoms in total. The predicted molar refractivity (Wildman–Crippen MR) is 307 cm³/mol. The Labute approximate surface area is 446 Å². The average molecular weight is 1020 g/mol. The maximum Gasteiger partial charge on any atom is 0.272 e. The normalized spacial score (nSPS) is 13.4. The van der Waals surface area contributed by atoms with Gasteiger partial charge < -0.3 is 19.2 Å². The first-order chi connectivity index (χ1) is 37.1. The van der Waals surface area contributed by atoms with E-state index in [1.807, 2.05) is 42.5 Å². The van der Waals surface area contributed by atoms with Crippen LogP contribution in [0.5, 0.6) is 17.2 Å². The summed E-state index contributed by atoms with van der Waals surface area (Å²) in [4.78, 5) is 38.6. The van der Waals surface area contributed by atoms with Gasteiger partial charge in [-0.15, -0.1) is 5.10 Å². The third-order valence-electron chi connectivity index (χ3n) is 14.7. The Morgan fingerprint density at radius 1 is 0.347 bits per heavy atom. The highest BCUT2D eigenvalue weighted by Gasteiger charge is 2.26. The number of benzene rings is 3. The first-order valence-corrected chi connectivity index (χ1v) is 29.6. The number of nitrogens with zero attached hydrogens (tertiary/aromatic N) is 8. The van der Waals surface area contributed by atoms with Crippen LogP contribution in [0.15, 0.2) is 84.6 Å². The summed E-state index contributed by atoms with van der Waals surface area (Å²) in [5.74, 6) is 4.71. The molecule has 0 fully saturated rings. The van der Waals surface area contributed by atoms with E-state index in [1.54, 1.807) is 0 Å². The fourth-order valence-electron chi connectivity index (χ4n) is 10.3. The molecule has 75 heavy (non-hydrogen) atoms. The second-order valence-corrected chi connectivity index (χ2v) is 21.0. The van der Waals surface area contributed by atoms with Crippen molar-refractivity contribution in [3.63, 3.8) is 0 Å². The molecule has 0 unspecified atom stereocenters. The lowest BCUT2D eigenvalue weighted by Gasteiger charge is -2.08. The number of hydrogen-bond acceptors (Lipinski definition) is 11. The third kappa shape index (κ3) is 16.8. The van der Waals surface area contributed by atoms with Gasteiger partial charge in [0.1, 0.15) is 28.2 Å². The quantitative estimate of drug-likeness (QED) is 0.0382. The van der Waals surface area contributed by atoms with Gasteiger partial charge in [-0.1, -0.05) is 194 Å². The average Bonchev–Trinajstić information content (AvgIpc) is 4.20. The van der Waals surface area contributed by atoms with Crippen LogP contribution in [0, 0.1) is 0 Å². The van der Waals surface area contributed by atoms with Crippen molar-refractivity contribution in [3.8, 4) is 17.2 Å². The van der Waals surface area contributed by atoms with Crippen molar-refractivity contribution < 1.29 is 14.2 Å². The molecule has 0 aliphatic carbocycles. The van der Waals surface area contributed by atoms with Crippen LogP contribution in [0.3, 0.4) is 0 Å². The van der Waals surface area contributed by atoms with Crippen molar-refractivity contribution in [1.29, 1.82) is 0 Å². The van der Waals surface area contributed by atoms with Crippen LogP contribution in [-0.2, 0) is 0 Å². The van der Waals surface area contributed by atoms with E-state index in [4.69, 9.17) is 44.2 Å². The smallest absolute Gasteiger partial charge is 0.272 e. The molecule has 5 heterocycles. The lowest BCUT2D eigenvalue weighted by Crippen LogP contribution is -2.15. The van der Waals surface area contributed by atoms with Gasteiger partial charge in [0, 0.05) is 33.0 Å². The van der Waals surface area contributed by atoms with Crippen molar-refractivity contribution in [1.82, 2.24) is 20.2 Å². The van der Waals surface area contributed by atoms with Crippen molar-refractivity contribution in [3.05, 3.63) is 87.8 Å². The zero-order valence-corrected chi connectivity index (χ0v) is 45.8. The summed E-state index contributed by atoms with van der Waals surface area (Å²) in [6.07, 6.45) is 38.3. The SMILES string of the molecule is CCCCCCCCCCCCOc1ccc2c(c1)C1=NC2=Nc2n[nH]c(n2)N=C2N=C(N=c3[nH]c(c4ccc(OCCCCCCCCCCCC)cc34)=N1)c1ccc(OCCCCCCCCCCCC)cc12. The van der Waals surface area contributed by atoms with E-state index in [0.29, 0.717) is 54.1 Å². The van der Waals surface area contributed by atoms with E-state index in [9.17, 15) is 0 Å². The molecular formula is C62H86N10O3. The van der Waals surface area contributed by atoms with Crippen molar-refractivity contribution >= 4 is 46.0 Å². The van der Waals surface area contributed by atoms with Gasteiger partial charge in [0.25, 0.3) is 5.95 Å². The molecule has 0 amide bonds. The third-order valence-corrected chi connectivity index (χ3v) is 14.7. The molecule has 5 aromatic rings. The lowest BCUT2D eigenvalue weighted by atomic mass is 10.1. The maximum absolute atomic E-state index is 6.42. The number of aliphatic imine (C=N–C) groups is 4. The topological polar surface area (TPSA) is 159 Å². The Morgan fingerprint density at radius 3 is 1.19 bits per heavy atom. The van der Waals surface area contributed by atoms with E-state index in [-0.39, 0.29) is 11.9 Å². The van der Waals surface area contributed by atoms with E-state index in [2.05, 4.69) is 53.1 Å². The minimum atomic E-state index is 0.201. The summed E-state index contributed by atoms with van der Waals surface area (Å²) in [6.45, 7) is 8.78. The van der Waals surface area contributed by atoms with Crippen molar-refractivity contribution in [2.24, 2.45) is 30.0 Å². The molecule has 8 bridgehead atoms. The highest BCUT2D eigenvalue weighted by Crippen LogP contribution is 2.30. The van der Waals surface area contributed by atoms with Crippen molar-refractivity contribution in [2.45, 2.75) is 213 Å². The predicted octanol–water partition coefficient (Wildman–Crippen LogP) is 15.8. The number of H-pyrrole nitrogens is 2. The highest BCUT2D eigenvalue weighted by atomic mass is 16.5. The van der Waals surface area contributed by atoms with Crippen LogP contribution in [0.4, 0.5) is 11.9 Å². The molecule has 0 saturated heterocycles. The molecule has 0 atom stereocenters. The zero-order valence-electron chi connectivity index (χ0n) is 45.8. The summed E-state index contributed by atoms with van der Waals surface area (Å²) >= 11 is 0. The number of rotatable bonds is 36. The Bertz CT molecular complexity index is 2820.